The molecule has 0 aliphatic heterocycles. The lowest BCUT2D eigenvalue weighted by Crippen LogP contribution is -2.12. The van der Waals surface area contributed by atoms with Crippen LogP contribution in [0, 0.1) is 13.8 Å². The molecule has 6 heteroatoms. The summed E-state index contributed by atoms with van der Waals surface area (Å²) in [5, 5.41) is 17.7. The van der Waals surface area contributed by atoms with E-state index in [4.69, 9.17) is 0 Å². The number of aryl methyl sites for hydroxylation is 3. The molecule has 3 aromatic rings. The Kier molecular flexibility index (Phi) is 3.29. The van der Waals surface area contributed by atoms with Crippen molar-refractivity contribution in [3.05, 3.63) is 47.3 Å². The van der Waals surface area contributed by atoms with Gasteiger partial charge in [0, 0.05) is 12.4 Å². The molecule has 0 saturated heterocycles. The van der Waals surface area contributed by atoms with Gasteiger partial charge in [0.05, 0.1) is 23.1 Å². The highest BCUT2D eigenvalue weighted by Crippen LogP contribution is 2.22. The maximum atomic E-state index is 12.3. The van der Waals surface area contributed by atoms with Crippen molar-refractivity contribution in [3.63, 3.8) is 0 Å². The van der Waals surface area contributed by atoms with Gasteiger partial charge in [0.25, 0.3) is 5.91 Å². The first-order valence-corrected chi connectivity index (χ1v) is 6.86. The van der Waals surface area contributed by atoms with Crippen molar-refractivity contribution >= 4 is 22.6 Å². The number of phenols is 1. The molecule has 0 radical (unpaired) electrons. The summed E-state index contributed by atoms with van der Waals surface area (Å²) < 4.78 is 1.70. The summed E-state index contributed by atoms with van der Waals surface area (Å²) in [5.41, 5.74) is 3.31. The molecule has 0 bridgehead atoms. The van der Waals surface area contributed by atoms with Crippen LogP contribution in [-0.4, -0.2) is 25.8 Å². The smallest absolute Gasteiger partial charge is 0.259 e. The Bertz CT molecular complexity index is 883. The number of pyridine rings is 1. The standard InChI is InChI=1S/C16H16N4O2/c1-9-4-5-14(21)13(6-9)16(22)18-11-7-12-10(2)19-20(3)15(12)17-8-11/h4-8,21H,1-3H3,(H,18,22). The minimum atomic E-state index is -0.371. The number of hydrogen-bond acceptors (Lipinski definition) is 4. The molecule has 1 aromatic carbocycles. The number of carbonyl (C=O) groups is 1. The molecule has 0 aliphatic rings. The van der Waals surface area contributed by atoms with Gasteiger partial charge < -0.3 is 10.4 Å². The van der Waals surface area contributed by atoms with Gasteiger partial charge in [-0.05, 0) is 32.0 Å². The fraction of sp³-hybridized carbons (Fsp3) is 0.188. The first-order chi connectivity index (χ1) is 10.5. The van der Waals surface area contributed by atoms with Crippen molar-refractivity contribution in [1.82, 2.24) is 14.8 Å². The molecule has 0 saturated carbocycles. The van der Waals surface area contributed by atoms with E-state index in [0.717, 1.165) is 22.3 Å². The van der Waals surface area contributed by atoms with E-state index in [-0.39, 0.29) is 17.2 Å². The van der Waals surface area contributed by atoms with Crippen molar-refractivity contribution in [3.8, 4) is 5.75 Å². The van der Waals surface area contributed by atoms with Gasteiger partial charge in [0.1, 0.15) is 5.75 Å². The number of carbonyl (C=O) groups excluding carboxylic acids is 1. The minimum absolute atomic E-state index is 0.0466. The zero-order chi connectivity index (χ0) is 15.9. The largest absolute Gasteiger partial charge is 0.507 e. The average molecular weight is 296 g/mol. The lowest BCUT2D eigenvalue weighted by molar-refractivity contribution is 0.102. The first kappa shape index (κ1) is 14.1. The molecule has 112 valence electrons. The fourth-order valence-electron chi connectivity index (χ4n) is 2.41. The predicted octanol–water partition coefficient (Wildman–Crippen LogP) is 2.54. The topological polar surface area (TPSA) is 80.0 Å². The Morgan fingerprint density at radius 1 is 1.27 bits per heavy atom. The molecule has 0 aliphatic carbocycles. The number of phenolic OH excluding ortho intramolecular Hbond substituents is 1. The van der Waals surface area contributed by atoms with Crippen molar-refractivity contribution in [2.75, 3.05) is 5.32 Å². The second-order valence-electron chi connectivity index (χ2n) is 5.28. The van der Waals surface area contributed by atoms with Crippen LogP contribution >= 0.6 is 0 Å². The van der Waals surface area contributed by atoms with Gasteiger partial charge in [-0.3, -0.25) is 9.48 Å². The number of rotatable bonds is 2. The van der Waals surface area contributed by atoms with Crippen LogP contribution in [0.1, 0.15) is 21.6 Å². The Balaban J connectivity index is 1.94. The first-order valence-electron chi connectivity index (χ1n) is 6.86. The number of anilines is 1. The van der Waals surface area contributed by atoms with E-state index >= 15 is 0 Å². The summed E-state index contributed by atoms with van der Waals surface area (Å²) in [5.74, 6) is -0.418. The van der Waals surface area contributed by atoms with Crippen LogP contribution in [-0.2, 0) is 7.05 Å². The molecule has 0 atom stereocenters. The molecule has 0 spiro atoms. The van der Waals surface area contributed by atoms with Crippen molar-refractivity contribution in [2.45, 2.75) is 13.8 Å². The third-order valence-electron chi connectivity index (χ3n) is 3.52. The second kappa shape index (κ2) is 5.14. The number of aromatic hydroxyl groups is 1. The van der Waals surface area contributed by atoms with Crippen molar-refractivity contribution < 1.29 is 9.90 Å². The molecular weight excluding hydrogens is 280 g/mol. The molecule has 2 aromatic heterocycles. The summed E-state index contributed by atoms with van der Waals surface area (Å²) >= 11 is 0. The molecular formula is C16H16N4O2. The van der Waals surface area contributed by atoms with Crippen molar-refractivity contribution in [1.29, 1.82) is 0 Å². The van der Waals surface area contributed by atoms with Gasteiger partial charge in [0.2, 0.25) is 0 Å². The average Bonchev–Trinajstić information content (AvgIpc) is 2.76. The van der Waals surface area contributed by atoms with Crippen LogP contribution in [0.4, 0.5) is 5.69 Å². The van der Waals surface area contributed by atoms with E-state index in [1.165, 1.54) is 6.07 Å². The summed E-state index contributed by atoms with van der Waals surface area (Å²) in [7, 11) is 1.82. The van der Waals surface area contributed by atoms with Crippen LogP contribution in [0.25, 0.3) is 11.0 Å². The van der Waals surface area contributed by atoms with E-state index < -0.39 is 0 Å². The minimum Gasteiger partial charge on any atom is -0.507 e. The molecule has 0 unspecified atom stereocenters. The van der Waals surface area contributed by atoms with Gasteiger partial charge in [-0.25, -0.2) is 4.98 Å². The molecule has 3 rings (SSSR count). The van der Waals surface area contributed by atoms with Gasteiger partial charge in [0.15, 0.2) is 5.65 Å². The quantitative estimate of drug-likeness (QED) is 0.761. The van der Waals surface area contributed by atoms with E-state index in [0.29, 0.717) is 5.69 Å². The van der Waals surface area contributed by atoms with E-state index in [9.17, 15) is 9.90 Å². The summed E-state index contributed by atoms with van der Waals surface area (Å²) in [4.78, 5) is 16.6. The highest BCUT2D eigenvalue weighted by molar-refractivity contribution is 6.06. The number of fused-ring (bicyclic) bond motifs is 1. The van der Waals surface area contributed by atoms with Crippen LogP contribution in [0.2, 0.25) is 0 Å². The second-order valence-corrected chi connectivity index (χ2v) is 5.28. The monoisotopic (exact) mass is 296 g/mol. The number of aromatic nitrogens is 3. The highest BCUT2D eigenvalue weighted by Gasteiger charge is 2.13. The molecule has 1 amide bonds. The Morgan fingerprint density at radius 2 is 2.05 bits per heavy atom. The zero-order valence-corrected chi connectivity index (χ0v) is 12.6. The predicted molar refractivity (Wildman–Crippen MR) is 84.0 cm³/mol. The molecule has 2 N–H and O–H groups in total. The number of benzene rings is 1. The highest BCUT2D eigenvalue weighted by atomic mass is 16.3. The van der Waals surface area contributed by atoms with Crippen LogP contribution in [0.15, 0.2) is 30.5 Å². The van der Waals surface area contributed by atoms with Crippen LogP contribution in [0.5, 0.6) is 5.75 Å². The Hall–Kier alpha value is -2.89. The maximum absolute atomic E-state index is 12.3. The van der Waals surface area contributed by atoms with Crippen LogP contribution < -0.4 is 5.32 Å². The summed E-state index contributed by atoms with van der Waals surface area (Å²) in [6.07, 6.45) is 1.58. The molecule has 22 heavy (non-hydrogen) atoms. The number of nitrogens with one attached hydrogen (secondary N) is 1. The SMILES string of the molecule is Cc1ccc(O)c(C(=O)Nc2cnc3c(c2)c(C)nn3C)c1. The third kappa shape index (κ3) is 2.39. The molecule has 2 heterocycles. The lowest BCUT2D eigenvalue weighted by Gasteiger charge is -2.07. The fourth-order valence-corrected chi connectivity index (χ4v) is 2.41. The van der Waals surface area contributed by atoms with Crippen molar-refractivity contribution in [2.24, 2.45) is 7.05 Å². The summed E-state index contributed by atoms with van der Waals surface area (Å²) in [6, 6.07) is 6.73. The van der Waals surface area contributed by atoms with Gasteiger partial charge in [-0.1, -0.05) is 11.6 Å². The third-order valence-corrected chi connectivity index (χ3v) is 3.52. The molecule has 6 nitrogen and oxygen atoms in total. The summed E-state index contributed by atoms with van der Waals surface area (Å²) in [6.45, 7) is 3.75. The Morgan fingerprint density at radius 3 is 2.82 bits per heavy atom. The lowest BCUT2D eigenvalue weighted by atomic mass is 10.1. The normalized spacial score (nSPS) is 10.9. The maximum Gasteiger partial charge on any atom is 0.259 e. The number of amides is 1. The van der Waals surface area contributed by atoms with Gasteiger partial charge in [-0.15, -0.1) is 0 Å². The van der Waals surface area contributed by atoms with Gasteiger partial charge >= 0.3 is 0 Å². The Labute approximate surface area is 127 Å². The zero-order valence-electron chi connectivity index (χ0n) is 12.6. The van der Waals surface area contributed by atoms with Crippen LogP contribution in [0.3, 0.4) is 0 Å². The number of hydrogen-bond donors (Lipinski definition) is 2. The molecule has 0 fully saturated rings. The van der Waals surface area contributed by atoms with Gasteiger partial charge in [-0.2, -0.15) is 5.10 Å². The van der Waals surface area contributed by atoms with E-state index in [1.807, 2.05) is 27.0 Å². The number of nitrogens with zero attached hydrogens (tertiary/aromatic N) is 3. The van der Waals surface area contributed by atoms with E-state index in [1.54, 1.807) is 23.0 Å². The van der Waals surface area contributed by atoms with E-state index in [2.05, 4.69) is 15.4 Å².